The highest BCUT2D eigenvalue weighted by Gasteiger charge is 2.19. The van der Waals surface area contributed by atoms with Crippen LogP contribution in [0.2, 0.25) is 0 Å². The molecule has 1 aromatic carbocycles. The van der Waals surface area contributed by atoms with Gasteiger partial charge in [0.2, 0.25) is 0 Å². The fourth-order valence-electron chi connectivity index (χ4n) is 2.13. The minimum Gasteiger partial charge on any atom is -0.310 e. The molecule has 0 saturated heterocycles. The summed E-state index contributed by atoms with van der Waals surface area (Å²) in [5, 5.41) is 3.56. The third kappa shape index (κ3) is 4.28. The molecule has 1 aliphatic rings. The van der Waals surface area contributed by atoms with Crippen molar-refractivity contribution in [2.24, 2.45) is 0 Å². The molecular weight excluding hydrogens is 220 g/mol. The summed E-state index contributed by atoms with van der Waals surface area (Å²) in [5.74, 6) is 0. The predicted octanol–water partition coefficient (Wildman–Crippen LogP) is 2.95. The zero-order valence-electron chi connectivity index (χ0n) is 11.4. The second-order valence-corrected chi connectivity index (χ2v) is 5.09. The van der Waals surface area contributed by atoms with E-state index in [-0.39, 0.29) is 0 Å². The maximum atomic E-state index is 3.81. The van der Waals surface area contributed by atoms with Crippen molar-refractivity contribution in [3.05, 3.63) is 48.0 Å². The molecular formula is C16H24N2. The number of hydrogen-bond donors (Lipinski definition) is 1. The van der Waals surface area contributed by atoms with Crippen molar-refractivity contribution in [3.8, 4) is 0 Å². The van der Waals surface area contributed by atoms with E-state index >= 15 is 0 Å². The van der Waals surface area contributed by atoms with Gasteiger partial charge in [-0.15, -0.1) is 6.58 Å². The molecule has 0 bridgehead atoms. The van der Waals surface area contributed by atoms with Crippen molar-refractivity contribution in [2.45, 2.75) is 38.9 Å². The lowest BCUT2D eigenvalue weighted by Crippen LogP contribution is -2.23. The monoisotopic (exact) mass is 244 g/mol. The van der Waals surface area contributed by atoms with Crippen molar-refractivity contribution < 1.29 is 0 Å². The Balaban J connectivity index is 1.90. The Morgan fingerprint density at radius 3 is 2.83 bits per heavy atom. The van der Waals surface area contributed by atoms with E-state index in [9.17, 15) is 0 Å². The summed E-state index contributed by atoms with van der Waals surface area (Å²) in [6.07, 6.45) is 4.67. The van der Waals surface area contributed by atoms with Crippen LogP contribution < -0.4 is 5.32 Å². The third-order valence-corrected chi connectivity index (χ3v) is 3.40. The fourth-order valence-corrected chi connectivity index (χ4v) is 2.13. The second-order valence-electron chi connectivity index (χ2n) is 5.09. The average molecular weight is 244 g/mol. The lowest BCUT2D eigenvalue weighted by Gasteiger charge is -2.18. The van der Waals surface area contributed by atoms with Gasteiger partial charge < -0.3 is 5.32 Å². The topological polar surface area (TPSA) is 15.3 Å². The summed E-state index contributed by atoms with van der Waals surface area (Å²) in [6, 6.07) is 9.69. The molecule has 1 fully saturated rings. The maximum Gasteiger partial charge on any atom is 0.0237 e. The van der Waals surface area contributed by atoms with E-state index in [2.05, 4.69) is 48.0 Å². The van der Waals surface area contributed by atoms with Crippen LogP contribution in [0.15, 0.2) is 36.9 Å². The number of hydrogen-bond acceptors (Lipinski definition) is 2. The highest BCUT2D eigenvalue weighted by Crippen LogP contribution is 2.19. The first kappa shape index (κ1) is 13.3. The van der Waals surface area contributed by atoms with E-state index in [1.54, 1.807) is 0 Å². The molecule has 1 N–H and O–H groups in total. The Labute approximate surface area is 111 Å². The molecule has 2 heteroatoms. The quantitative estimate of drug-likeness (QED) is 0.707. The standard InChI is InChI=1S/C16H24N2/c1-3-10-18(4-2)13-15-7-5-6-14(11-15)12-17-16-8-9-16/h3,5-7,11,16-17H,1,4,8-10,12-13H2,2H3. The number of nitrogens with zero attached hydrogens (tertiary/aromatic N) is 1. The zero-order valence-corrected chi connectivity index (χ0v) is 11.4. The van der Waals surface area contributed by atoms with Gasteiger partial charge in [0.15, 0.2) is 0 Å². The molecule has 0 aromatic heterocycles. The molecule has 0 amide bonds. The molecule has 2 nitrogen and oxygen atoms in total. The maximum absolute atomic E-state index is 3.81. The molecule has 0 aliphatic heterocycles. The molecule has 0 heterocycles. The van der Waals surface area contributed by atoms with Crippen LogP contribution in [-0.2, 0) is 13.1 Å². The van der Waals surface area contributed by atoms with E-state index in [4.69, 9.17) is 0 Å². The third-order valence-electron chi connectivity index (χ3n) is 3.40. The highest BCUT2D eigenvalue weighted by molar-refractivity contribution is 5.23. The van der Waals surface area contributed by atoms with Crippen molar-refractivity contribution >= 4 is 0 Å². The predicted molar refractivity (Wildman–Crippen MR) is 77.5 cm³/mol. The molecule has 1 aliphatic carbocycles. The SMILES string of the molecule is C=CCN(CC)Cc1cccc(CNC2CC2)c1. The smallest absolute Gasteiger partial charge is 0.0237 e. The van der Waals surface area contributed by atoms with Crippen LogP contribution in [0, 0.1) is 0 Å². The number of rotatable bonds is 8. The van der Waals surface area contributed by atoms with Crippen molar-refractivity contribution in [1.29, 1.82) is 0 Å². The minimum atomic E-state index is 0.779. The number of nitrogens with one attached hydrogen (secondary N) is 1. The first-order valence-electron chi connectivity index (χ1n) is 6.96. The van der Waals surface area contributed by atoms with Crippen LogP contribution in [0.5, 0.6) is 0 Å². The normalized spacial score (nSPS) is 15.0. The molecule has 0 spiro atoms. The summed E-state index contributed by atoms with van der Waals surface area (Å²) in [6.45, 7) is 10.1. The van der Waals surface area contributed by atoms with Crippen LogP contribution in [0.1, 0.15) is 30.9 Å². The average Bonchev–Trinajstić information content (AvgIpc) is 3.20. The number of likely N-dealkylation sites (N-methyl/N-ethyl adjacent to an activating group) is 1. The lowest BCUT2D eigenvalue weighted by atomic mass is 10.1. The van der Waals surface area contributed by atoms with Crippen molar-refractivity contribution in [1.82, 2.24) is 10.2 Å². The fraction of sp³-hybridized carbons (Fsp3) is 0.500. The zero-order chi connectivity index (χ0) is 12.8. The summed E-state index contributed by atoms with van der Waals surface area (Å²) >= 11 is 0. The van der Waals surface area contributed by atoms with Gasteiger partial charge >= 0.3 is 0 Å². The van der Waals surface area contributed by atoms with E-state index in [0.717, 1.165) is 32.2 Å². The second kappa shape index (κ2) is 6.72. The lowest BCUT2D eigenvalue weighted by molar-refractivity contribution is 0.311. The van der Waals surface area contributed by atoms with E-state index < -0.39 is 0 Å². The van der Waals surface area contributed by atoms with E-state index in [0.29, 0.717) is 0 Å². The summed E-state index contributed by atoms with van der Waals surface area (Å²) in [7, 11) is 0. The molecule has 0 unspecified atom stereocenters. The molecule has 1 aromatic rings. The van der Waals surface area contributed by atoms with Gasteiger partial charge in [-0.1, -0.05) is 37.3 Å². The van der Waals surface area contributed by atoms with Crippen LogP contribution in [0.3, 0.4) is 0 Å². The first-order valence-corrected chi connectivity index (χ1v) is 6.96. The minimum absolute atomic E-state index is 0.779. The van der Waals surface area contributed by atoms with E-state index in [1.165, 1.54) is 24.0 Å². The molecule has 2 rings (SSSR count). The van der Waals surface area contributed by atoms with E-state index in [1.807, 2.05) is 6.08 Å². The number of benzene rings is 1. The van der Waals surface area contributed by atoms with Crippen LogP contribution in [-0.4, -0.2) is 24.0 Å². The Bertz CT molecular complexity index is 382. The molecule has 98 valence electrons. The van der Waals surface area contributed by atoms with Gasteiger partial charge in [0, 0.05) is 25.7 Å². The molecule has 0 atom stereocenters. The van der Waals surface area contributed by atoms with Gasteiger partial charge in [0.05, 0.1) is 0 Å². The summed E-state index contributed by atoms with van der Waals surface area (Å²) in [5.41, 5.74) is 2.79. The van der Waals surface area contributed by atoms with Gasteiger partial charge in [0.1, 0.15) is 0 Å². The Kier molecular flexibility index (Phi) is 4.97. The van der Waals surface area contributed by atoms with Gasteiger partial charge in [-0.3, -0.25) is 4.90 Å². The van der Waals surface area contributed by atoms with Gasteiger partial charge in [-0.25, -0.2) is 0 Å². The van der Waals surface area contributed by atoms with Crippen LogP contribution >= 0.6 is 0 Å². The summed E-state index contributed by atoms with van der Waals surface area (Å²) < 4.78 is 0. The Morgan fingerprint density at radius 2 is 2.17 bits per heavy atom. The largest absolute Gasteiger partial charge is 0.310 e. The van der Waals surface area contributed by atoms with Gasteiger partial charge in [-0.05, 0) is 30.5 Å². The van der Waals surface area contributed by atoms with Crippen molar-refractivity contribution in [2.75, 3.05) is 13.1 Å². The van der Waals surface area contributed by atoms with Crippen LogP contribution in [0.25, 0.3) is 0 Å². The molecule has 0 radical (unpaired) electrons. The van der Waals surface area contributed by atoms with Crippen molar-refractivity contribution in [3.63, 3.8) is 0 Å². The first-order chi connectivity index (χ1) is 8.81. The summed E-state index contributed by atoms with van der Waals surface area (Å²) in [4.78, 5) is 2.39. The van der Waals surface area contributed by atoms with Gasteiger partial charge in [0.25, 0.3) is 0 Å². The van der Waals surface area contributed by atoms with Gasteiger partial charge in [-0.2, -0.15) is 0 Å². The molecule has 1 saturated carbocycles. The Hall–Kier alpha value is -1.12. The molecule has 18 heavy (non-hydrogen) atoms. The Morgan fingerprint density at radius 1 is 1.39 bits per heavy atom. The van der Waals surface area contributed by atoms with Crippen LogP contribution in [0.4, 0.5) is 0 Å². The highest BCUT2D eigenvalue weighted by atomic mass is 15.1.